The third-order valence-corrected chi connectivity index (χ3v) is 4.31. The van der Waals surface area contributed by atoms with E-state index in [0.29, 0.717) is 6.04 Å². The highest BCUT2D eigenvalue weighted by Crippen LogP contribution is 2.37. The molecular formula is C13H20N2S. The lowest BCUT2D eigenvalue weighted by atomic mass is 10.1. The van der Waals surface area contributed by atoms with E-state index in [2.05, 4.69) is 48.5 Å². The first-order valence-corrected chi connectivity index (χ1v) is 6.93. The molecule has 88 valence electrons. The third kappa shape index (κ3) is 2.78. The fraction of sp³-hybridized carbons (Fsp3) is 0.538. The first-order valence-electron chi connectivity index (χ1n) is 5.95. The Morgan fingerprint density at radius 3 is 3.06 bits per heavy atom. The van der Waals surface area contributed by atoms with Crippen LogP contribution in [0.3, 0.4) is 0 Å². The van der Waals surface area contributed by atoms with Crippen molar-refractivity contribution in [3.63, 3.8) is 0 Å². The summed E-state index contributed by atoms with van der Waals surface area (Å²) in [5.41, 5.74) is 1.48. The normalized spacial score (nSPS) is 19.1. The van der Waals surface area contributed by atoms with Gasteiger partial charge in [0.05, 0.1) is 0 Å². The lowest BCUT2D eigenvalue weighted by Crippen LogP contribution is -2.31. The summed E-state index contributed by atoms with van der Waals surface area (Å²) in [6.45, 7) is 5.52. The number of nitrogens with one attached hydrogen (secondary N) is 1. The predicted octanol–water partition coefficient (Wildman–Crippen LogP) is 2.37. The summed E-state index contributed by atoms with van der Waals surface area (Å²) in [5, 5.41) is 3.64. The molecule has 2 rings (SSSR count). The molecule has 1 unspecified atom stereocenters. The molecule has 0 aliphatic carbocycles. The zero-order valence-corrected chi connectivity index (χ0v) is 10.9. The Kier molecular flexibility index (Phi) is 4.27. The summed E-state index contributed by atoms with van der Waals surface area (Å²) >= 11 is 1.96. The topological polar surface area (TPSA) is 15.3 Å². The molecule has 0 radical (unpaired) electrons. The Morgan fingerprint density at radius 1 is 1.44 bits per heavy atom. The largest absolute Gasteiger partial charge is 0.308 e. The summed E-state index contributed by atoms with van der Waals surface area (Å²) in [5.74, 6) is 1.18. The van der Waals surface area contributed by atoms with Gasteiger partial charge in [-0.15, -0.1) is 11.8 Å². The maximum atomic E-state index is 3.64. The minimum atomic E-state index is 0.548. The van der Waals surface area contributed by atoms with Crippen molar-refractivity contribution in [1.29, 1.82) is 0 Å². The van der Waals surface area contributed by atoms with Crippen molar-refractivity contribution < 1.29 is 0 Å². The Morgan fingerprint density at radius 2 is 2.25 bits per heavy atom. The number of hydrogen-bond donors (Lipinski definition) is 1. The second-order valence-electron chi connectivity index (χ2n) is 4.25. The molecule has 0 aromatic heterocycles. The van der Waals surface area contributed by atoms with Gasteiger partial charge in [-0.1, -0.05) is 25.1 Å². The van der Waals surface area contributed by atoms with E-state index in [0.717, 1.165) is 19.6 Å². The van der Waals surface area contributed by atoms with E-state index < -0.39 is 0 Å². The summed E-state index contributed by atoms with van der Waals surface area (Å²) in [4.78, 5) is 3.78. The fourth-order valence-electron chi connectivity index (χ4n) is 1.92. The molecule has 1 aromatic carbocycles. The molecular weight excluding hydrogens is 216 g/mol. The van der Waals surface area contributed by atoms with Crippen LogP contribution in [0.2, 0.25) is 0 Å². The van der Waals surface area contributed by atoms with Crippen LogP contribution in [0.4, 0.5) is 0 Å². The van der Waals surface area contributed by atoms with Gasteiger partial charge in [-0.05, 0) is 25.2 Å². The van der Waals surface area contributed by atoms with E-state index in [1.54, 1.807) is 0 Å². The molecule has 16 heavy (non-hydrogen) atoms. The molecule has 3 heteroatoms. The second kappa shape index (κ2) is 5.71. The van der Waals surface area contributed by atoms with E-state index in [1.165, 1.54) is 16.2 Å². The molecule has 0 saturated heterocycles. The van der Waals surface area contributed by atoms with Crippen LogP contribution in [0.1, 0.15) is 18.5 Å². The van der Waals surface area contributed by atoms with Gasteiger partial charge in [-0.3, -0.25) is 0 Å². The number of thioether (sulfide) groups is 1. The second-order valence-corrected chi connectivity index (χ2v) is 5.31. The maximum absolute atomic E-state index is 3.64. The van der Waals surface area contributed by atoms with Crippen molar-refractivity contribution in [2.45, 2.75) is 17.9 Å². The molecule has 1 N–H and O–H groups in total. The Bertz CT molecular complexity index is 340. The SMILES string of the molecule is CCN(C)CCNC1CSc2ccccc21. The summed E-state index contributed by atoms with van der Waals surface area (Å²) in [6.07, 6.45) is 0. The van der Waals surface area contributed by atoms with Crippen molar-refractivity contribution in [2.24, 2.45) is 0 Å². The van der Waals surface area contributed by atoms with Crippen molar-refractivity contribution in [1.82, 2.24) is 10.2 Å². The lowest BCUT2D eigenvalue weighted by Gasteiger charge is -2.17. The van der Waals surface area contributed by atoms with Gasteiger partial charge >= 0.3 is 0 Å². The van der Waals surface area contributed by atoms with Crippen molar-refractivity contribution in [2.75, 3.05) is 32.4 Å². The first kappa shape index (κ1) is 12.0. The average Bonchev–Trinajstić information content (AvgIpc) is 2.73. The highest BCUT2D eigenvalue weighted by atomic mass is 32.2. The van der Waals surface area contributed by atoms with Crippen LogP contribution in [-0.4, -0.2) is 37.3 Å². The van der Waals surface area contributed by atoms with Crippen LogP contribution in [0.15, 0.2) is 29.2 Å². The Hall–Kier alpha value is -0.510. The van der Waals surface area contributed by atoms with Crippen LogP contribution < -0.4 is 5.32 Å². The number of fused-ring (bicyclic) bond motifs is 1. The number of hydrogen-bond acceptors (Lipinski definition) is 3. The van der Waals surface area contributed by atoms with Crippen LogP contribution in [-0.2, 0) is 0 Å². The summed E-state index contributed by atoms with van der Waals surface area (Å²) in [7, 11) is 2.17. The first-order chi connectivity index (χ1) is 7.81. The monoisotopic (exact) mass is 236 g/mol. The highest BCUT2D eigenvalue weighted by Gasteiger charge is 2.21. The smallest absolute Gasteiger partial charge is 0.0426 e. The van der Waals surface area contributed by atoms with E-state index >= 15 is 0 Å². The van der Waals surface area contributed by atoms with Crippen molar-refractivity contribution in [3.05, 3.63) is 29.8 Å². The molecule has 1 aliphatic heterocycles. The van der Waals surface area contributed by atoms with Gasteiger partial charge in [-0.25, -0.2) is 0 Å². The standard InChI is InChI=1S/C13H20N2S/c1-3-15(2)9-8-14-12-10-16-13-7-5-4-6-11(12)13/h4-7,12,14H,3,8-10H2,1-2H3. The summed E-state index contributed by atoms with van der Waals surface area (Å²) in [6, 6.07) is 9.28. The molecule has 0 spiro atoms. The van der Waals surface area contributed by atoms with Gasteiger partial charge in [0.2, 0.25) is 0 Å². The van der Waals surface area contributed by atoms with E-state index in [4.69, 9.17) is 0 Å². The van der Waals surface area contributed by atoms with Crippen LogP contribution in [0.5, 0.6) is 0 Å². The molecule has 0 bridgehead atoms. The number of rotatable bonds is 5. The number of benzene rings is 1. The zero-order valence-electron chi connectivity index (χ0n) is 10.1. The van der Waals surface area contributed by atoms with Gasteiger partial charge in [0.25, 0.3) is 0 Å². The van der Waals surface area contributed by atoms with Crippen molar-refractivity contribution >= 4 is 11.8 Å². The molecule has 1 atom stereocenters. The van der Waals surface area contributed by atoms with Crippen LogP contribution in [0.25, 0.3) is 0 Å². The Balaban J connectivity index is 1.84. The predicted molar refractivity (Wildman–Crippen MR) is 71.1 cm³/mol. The molecule has 0 saturated carbocycles. The van der Waals surface area contributed by atoms with E-state index in [1.807, 2.05) is 11.8 Å². The molecule has 1 heterocycles. The molecule has 2 nitrogen and oxygen atoms in total. The highest BCUT2D eigenvalue weighted by molar-refractivity contribution is 7.99. The Labute approximate surface area is 102 Å². The fourth-order valence-corrected chi connectivity index (χ4v) is 3.11. The van der Waals surface area contributed by atoms with Gasteiger partial charge in [0.1, 0.15) is 0 Å². The van der Waals surface area contributed by atoms with Crippen LogP contribution in [0, 0.1) is 0 Å². The van der Waals surface area contributed by atoms with Gasteiger partial charge in [0, 0.05) is 29.8 Å². The molecule has 1 aromatic rings. The van der Waals surface area contributed by atoms with E-state index in [-0.39, 0.29) is 0 Å². The molecule has 0 amide bonds. The van der Waals surface area contributed by atoms with Crippen LogP contribution >= 0.6 is 11.8 Å². The minimum absolute atomic E-state index is 0.548. The van der Waals surface area contributed by atoms with Gasteiger partial charge in [-0.2, -0.15) is 0 Å². The van der Waals surface area contributed by atoms with Gasteiger partial charge in [0.15, 0.2) is 0 Å². The molecule has 1 aliphatic rings. The number of nitrogens with zero attached hydrogens (tertiary/aromatic N) is 1. The van der Waals surface area contributed by atoms with E-state index in [9.17, 15) is 0 Å². The maximum Gasteiger partial charge on any atom is 0.0426 e. The zero-order chi connectivity index (χ0) is 11.4. The summed E-state index contributed by atoms with van der Waals surface area (Å²) < 4.78 is 0. The van der Waals surface area contributed by atoms with Crippen molar-refractivity contribution in [3.8, 4) is 0 Å². The average molecular weight is 236 g/mol. The number of likely N-dealkylation sites (N-methyl/N-ethyl adjacent to an activating group) is 1. The van der Waals surface area contributed by atoms with Gasteiger partial charge < -0.3 is 10.2 Å². The molecule has 0 fully saturated rings. The third-order valence-electron chi connectivity index (χ3n) is 3.12. The lowest BCUT2D eigenvalue weighted by molar-refractivity contribution is 0.343. The minimum Gasteiger partial charge on any atom is -0.308 e. The quantitative estimate of drug-likeness (QED) is 0.845.